The van der Waals surface area contributed by atoms with Crippen molar-refractivity contribution in [3.8, 4) is 11.8 Å². The van der Waals surface area contributed by atoms with Gasteiger partial charge in [-0.2, -0.15) is 5.26 Å². The molecule has 1 aliphatic rings. The fourth-order valence-corrected chi connectivity index (χ4v) is 3.75. The highest BCUT2D eigenvalue weighted by molar-refractivity contribution is 7.90. The Bertz CT molecular complexity index is 952. The van der Waals surface area contributed by atoms with Crippen LogP contribution in [0.15, 0.2) is 47.5 Å². The maximum atomic E-state index is 12.7. The topological polar surface area (TPSA) is 104 Å². The van der Waals surface area contributed by atoms with Crippen LogP contribution in [-0.4, -0.2) is 37.4 Å². The first-order chi connectivity index (χ1) is 11.5. The molecule has 0 unspecified atom stereocenters. The average molecular weight is 344 g/mol. The Labute approximate surface area is 138 Å². The summed E-state index contributed by atoms with van der Waals surface area (Å²) in [6.45, 7) is -0.587. The van der Waals surface area contributed by atoms with E-state index in [1.54, 1.807) is 30.3 Å². The molecule has 1 aromatic carbocycles. The van der Waals surface area contributed by atoms with Crippen molar-refractivity contribution in [2.24, 2.45) is 0 Å². The average Bonchev–Trinajstić information content (AvgIpc) is 2.59. The van der Waals surface area contributed by atoms with E-state index >= 15 is 0 Å². The number of rotatable bonds is 3. The molecular weight excluding hydrogens is 332 g/mol. The molecule has 0 aliphatic carbocycles. The number of benzene rings is 1. The zero-order chi connectivity index (χ0) is 17.3. The number of hydrogen-bond donors (Lipinski definition) is 0. The van der Waals surface area contributed by atoms with E-state index in [2.05, 4.69) is 4.98 Å². The van der Waals surface area contributed by atoms with Crippen molar-refractivity contribution in [2.45, 2.75) is 4.90 Å². The molecular formula is C15H12N4O4S. The molecule has 24 heavy (non-hydrogen) atoms. The van der Waals surface area contributed by atoms with Crippen LogP contribution in [0.4, 0.5) is 16.3 Å². The predicted octanol–water partition coefficient (Wildman–Crippen LogP) is 1.88. The van der Waals surface area contributed by atoms with Crippen LogP contribution in [-0.2, 0) is 10.0 Å². The Morgan fingerprint density at radius 1 is 1.29 bits per heavy atom. The van der Waals surface area contributed by atoms with Crippen LogP contribution >= 0.6 is 0 Å². The van der Waals surface area contributed by atoms with E-state index in [1.165, 1.54) is 25.4 Å². The Morgan fingerprint density at radius 3 is 2.79 bits per heavy atom. The fourth-order valence-electron chi connectivity index (χ4n) is 2.37. The van der Waals surface area contributed by atoms with Gasteiger partial charge in [0.25, 0.3) is 10.0 Å². The second-order valence-electron chi connectivity index (χ2n) is 4.81. The summed E-state index contributed by atoms with van der Waals surface area (Å²) in [6, 6.07) is 10.2. The number of aromatic nitrogens is 1. The molecule has 1 aromatic heterocycles. The van der Waals surface area contributed by atoms with Gasteiger partial charge in [-0.3, -0.25) is 0 Å². The SMILES string of the molecule is COc1cccc(N2C(=O)N(CC#N)S(=O)(=O)c3cccnc32)c1. The van der Waals surface area contributed by atoms with E-state index in [4.69, 9.17) is 10.00 Å². The summed E-state index contributed by atoms with van der Waals surface area (Å²) in [4.78, 5) is 17.8. The molecule has 122 valence electrons. The third-order valence-corrected chi connectivity index (χ3v) is 5.20. The molecule has 8 nitrogen and oxygen atoms in total. The van der Waals surface area contributed by atoms with Crippen molar-refractivity contribution in [1.29, 1.82) is 5.26 Å². The molecule has 2 aromatic rings. The normalized spacial score (nSPS) is 15.6. The molecule has 0 bridgehead atoms. The molecule has 0 N–H and O–H groups in total. The van der Waals surface area contributed by atoms with Gasteiger partial charge in [-0.05, 0) is 24.3 Å². The van der Waals surface area contributed by atoms with Crippen molar-refractivity contribution in [3.63, 3.8) is 0 Å². The second-order valence-corrected chi connectivity index (χ2v) is 6.65. The van der Waals surface area contributed by atoms with Gasteiger partial charge < -0.3 is 4.74 Å². The fraction of sp³-hybridized carbons (Fsp3) is 0.133. The highest BCUT2D eigenvalue weighted by atomic mass is 32.2. The number of methoxy groups -OCH3 is 1. The minimum Gasteiger partial charge on any atom is -0.497 e. The highest BCUT2D eigenvalue weighted by Crippen LogP contribution is 2.37. The van der Waals surface area contributed by atoms with E-state index in [1.807, 2.05) is 0 Å². The van der Waals surface area contributed by atoms with Crippen LogP contribution < -0.4 is 9.64 Å². The number of carbonyl (C=O) groups is 1. The van der Waals surface area contributed by atoms with Gasteiger partial charge in [-0.15, -0.1) is 0 Å². The van der Waals surface area contributed by atoms with Gasteiger partial charge in [0.15, 0.2) is 5.82 Å². The van der Waals surface area contributed by atoms with Crippen LogP contribution in [0.2, 0.25) is 0 Å². The number of urea groups is 1. The lowest BCUT2D eigenvalue weighted by molar-refractivity contribution is 0.233. The molecule has 0 spiro atoms. The lowest BCUT2D eigenvalue weighted by Crippen LogP contribution is -2.49. The number of sulfonamides is 1. The van der Waals surface area contributed by atoms with Gasteiger partial charge in [0.1, 0.15) is 17.2 Å². The third kappa shape index (κ3) is 2.33. The largest absolute Gasteiger partial charge is 0.497 e. The monoisotopic (exact) mass is 344 g/mol. The number of nitriles is 1. The summed E-state index contributed by atoms with van der Waals surface area (Å²) in [6.07, 6.45) is 1.40. The summed E-state index contributed by atoms with van der Waals surface area (Å²) in [5, 5.41) is 8.89. The molecule has 0 radical (unpaired) electrons. The molecule has 2 heterocycles. The summed E-state index contributed by atoms with van der Waals surface area (Å²) < 4.78 is 30.8. The van der Waals surface area contributed by atoms with Gasteiger partial charge in [-0.25, -0.2) is 27.4 Å². The second kappa shape index (κ2) is 5.82. The van der Waals surface area contributed by atoms with E-state index in [0.717, 1.165) is 4.90 Å². The van der Waals surface area contributed by atoms with Crippen molar-refractivity contribution in [1.82, 2.24) is 9.29 Å². The lowest BCUT2D eigenvalue weighted by Gasteiger charge is -2.34. The number of fused-ring (bicyclic) bond motifs is 1. The number of carbonyl (C=O) groups excluding carboxylic acids is 1. The summed E-state index contributed by atoms with van der Waals surface area (Å²) in [5.41, 5.74) is 0.386. The van der Waals surface area contributed by atoms with Crippen LogP contribution in [0.25, 0.3) is 0 Å². The smallest absolute Gasteiger partial charge is 0.345 e. The van der Waals surface area contributed by atoms with Crippen LogP contribution in [0.5, 0.6) is 5.75 Å². The molecule has 1 aliphatic heterocycles. The Morgan fingerprint density at radius 2 is 2.08 bits per heavy atom. The zero-order valence-electron chi connectivity index (χ0n) is 12.6. The number of pyridine rings is 1. The number of nitrogens with zero attached hydrogens (tertiary/aromatic N) is 4. The molecule has 0 saturated heterocycles. The van der Waals surface area contributed by atoms with E-state index in [0.29, 0.717) is 15.7 Å². The highest BCUT2D eigenvalue weighted by Gasteiger charge is 2.43. The summed E-state index contributed by atoms with van der Waals surface area (Å²) in [5.74, 6) is 0.489. The van der Waals surface area contributed by atoms with Crippen LogP contribution in [0.1, 0.15) is 0 Å². The summed E-state index contributed by atoms with van der Waals surface area (Å²) >= 11 is 0. The van der Waals surface area contributed by atoms with Crippen molar-refractivity contribution >= 4 is 27.6 Å². The molecule has 2 amide bonds. The minimum atomic E-state index is -4.12. The van der Waals surface area contributed by atoms with Crippen molar-refractivity contribution in [3.05, 3.63) is 42.6 Å². The first-order valence-corrected chi connectivity index (χ1v) is 8.27. The minimum absolute atomic E-state index is 0.00931. The van der Waals surface area contributed by atoms with E-state index in [9.17, 15) is 13.2 Å². The Kier molecular flexibility index (Phi) is 3.83. The van der Waals surface area contributed by atoms with Crippen LogP contribution in [0.3, 0.4) is 0 Å². The van der Waals surface area contributed by atoms with Crippen molar-refractivity contribution < 1.29 is 17.9 Å². The van der Waals surface area contributed by atoms with Gasteiger partial charge in [0, 0.05) is 12.3 Å². The number of anilines is 2. The first-order valence-electron chi connectivity index (χ1n) is 6.83. The molecule has 3 rings (SSSR count). The number of ether oxygens (including phenoxy) is 1. The van der Waals surface area contributed by atoms with Gasteiger partial charge in [-0.1, -0.05) is 6.07 Å². The van der Waals surface area contributed by atoms with Gasteiger partial charge in [0.2, 0.25) is 0 Å². The van der Waals surface area contributed by atoms with E-state index in [-0.39, 0.29) is 10.7 Å². The Hall–Kier alpha value is -3.12. The van der Waals surface area contributed by atoms with E-state index < -0.39 is 22.6 Å². The summed E-state index contributed by atoms with van der Waals surface area (Å²) in [7, 11) is -2.64. The maximum absolute atomic E-state index is 12.7. The van der Waals surface area contributed by atoms with Crippen molar-refractivity contribution in [2.75, 3.05) is 18.6 Å². The zero-order valence-corrected chi connectivity index (χ0v) is 13.4. The molecule has 9 heteroatoms. The van der Waals surface area contributed by atoms with Gasteiger partial charge >= 0.3 is 6.03 Å². The van der Waals surface area contributed by atoms with Crippen LogP contribution in [0, 0.1) is 11.3 Å². The van der Waals surface area contributed by atoms with Gasteiger partial charge in [0.05, 0.1) is 18.9 Å². The lowest BCUT2D eigenvalue weighted by atomic mass is 10.2. The predicted molar refractivity (Wildman–Crippen MR) is 84.3 cm³/mol. The number of amides is 2. The quantitative estimate of drug-likeness (QED) is 0.788. The Balaban J connectivity index is 2.25. The third-order valence-electron chi connectivity index (χ3n) is 3.46. The molecule has 0 saturated carbocycles. The number of hydrogen-bond acceptors (Lipinski definition) is 6. The molecule has 0 atom stereocenters. The maximum Gasteiger partial charge on any atom is 0.345 e. The standard InChI is InChI=1S/C15H12N4O4S/c1-23-12-5-2-4-11(10-12)19-14-13(6-3-8-17-14)24(21,22)18(9-7-16)15(19)20/h2-6,8,10H,9H2,1H3. The molecule has 0 fully saturated rings. The first kappa shape index (κ1) is 15.8.